The maximum absolute atomic E-state index is 12.6. The molecule has 1 fully saturated rings. The summed E-state index contributed by atoms with van der Waals surface area (Å²) in [4.78, 5) is 28.2. The van der Waals surface area contributed by atoms with Crippen molar-refractivity contribution in [1.29, 1.82) is 0 Å². The van der Waals surface area contributed by atoms with Crippen LogP contribution in [0.1, 0.15) is 50.5 Å². The Bertz CT molecular complexity index is 580. The van der Waals surface area contributed by atoms with Crippen molar-refractivity contribution in [1.82, 2.24) is 15.1 Å². The lowest BCUT2D eigenvalue weighted by Crippen LogP contribution is -2.54. The minimum atomic E-state index is -0.0494. The number of hydrogen-bond acceptors (Lipinski definition) is 2. The van der Waals surface area contributed by atoms with Crippen LogP contribution in [0.3, 0.4) is 0 Å². The highest BCUT2D eigenvalue weighted by Gasteiger charge is 2.25. The highest BCUT2D eigenvalue weighted by molar-refractivity contribution is 5.94. The van der Waals surface area contributed by atoms with Crippen LogP contribution in [0.5, 0.6) is 0 Å². The average molecular weight is 331 g/mol. The lowest BCUT2D eigenvalue weighted by atomic mass is 9.86. The number of nitrogens with one attached hydrogen (secondary N) is 1. The molecule has 1 aromatic carbocycles. The molecular formula is C19H29N3O2. The molecule has 0 bridgehead atoms. The third-order valence-corrected chi connectivity index (χ3v) is 4.26. The first kappa shape index (κ1) is 18.3. The summed E-state index contributed by atoms with van der Waals surface area (Å²) in [6.45, 7) is 12.7. The predicted molar refractivity (Wildman–Crippen MR) is 96.3 cm³/mol. The van der Waals surface area contributed by atoms with Gasteiger partial charge in [-0.3, -0.25) is 4.79 Å². The minimum absolute atomic E-state index is 0.0411. The van der Waals surface area contributed by atoms with Crippen molar-refractivity contribution in [3.05, 3.63) is 35.4 Å². The molecule has 24 heavy (non-hydrogen) atoms. The van der Waals surface area contributed by atoms with Crippen LogP contribution in [0.25, 0.3) is 0 Å². The molecule has 5 nitrogen and oxygen atoms in total. The van der Waals surface area contributed by atoms with Gasteiger partial charge in [-0.05, 0) is 37.0 Å². The van der Waals surface area contributed by atoms with Gasteiger partial charge in [-0.15, -0.1) is 0 Å². The number of carbonyl (C=O) groups is 2. The van der Waals surface area contributed by atoms with E-state index in [1.54, 1.807) is 4.90 Å². The first-order valence-electron chi connectivity index (χ1n) is 8.64. The van der Waals surface area contributed by atoms with Crippen LogP contribution in [-0.4, -0.2) is 54.0 Å². The van der Waals surface area contributed by atoms with E-state index < -0.39 is 0 Å². The summed E-state index contributed by atoms with van der Waals surface area (Å²) >= 11 is 0. The highest BCUT2D eigenvalue weighted by Crippen LogP contribution is 2.22. The zero-order chi connectivity index (χ0) is 17.9. The van der Waals surface area contributed by atoms with E-state index in [2.05, 4.69) is 26.1 Å². The van der Waals surface area contributed by atoms with E-state index in [0.717, 1.165) is 0 Å². The number of urea groups is 1. The molecule has 3 amide bonds. The van der Waals surface area contributed by atoms with Gasteiger partial charge in [-0.1, -0.05) is 32.9 Å². The molecule has 0 atom stereocenters. The summed E-state index contributed by atoms with van der Waals surface area (Å²) in [7, 11) is 0. The maximum atomic E-state index is 12.6. The van der Waals surface area contributed by atoms with Crippen molar-refractivity contribution in [2.75, 3.05) is 26.2 Å². The van der Waals surface area contributed by atoms with E-state index in [0.29, 0.717) is 31.7 Å². The maximum Gasteiger partial charge on any atom is 0.317 e. The molecule has 2 rings (SSSR count). The zero-order valence-corrected chi connectivity index (χ0v) is 15.4. The fraction of sp³-hybridized carbons (Fsp3) is 0.579. The van der Waals surface area contributed by atoms with Gasteiger partial charge in [0.2, 0.25) is 0 Å². The third kappa shape index (κ3) is 4.49. The molecular weight excluding hydrogens is 302 g/mol. The molecule has 0 aliphatic carbocycles. The Morgan fingerprint density at radius 3 is 1.92 bits per heavy atom. The molecule has 0 unspecified atom stereocenters. The van der Waals surface area contributed by atoms with E-state index in [4.69, 9.17) is 0 Å². The van der Waals surface area contributed by atoms with Crippen molar-refractivity contribution in [3.8, 4) is 0 Å². The molecule has 1 aliphatic rings. The van der Waals surface area contributed by atoms with Crippen molar-refractivity contribution >= 4 is 11.9 Å². The smallest absolute Gasteiger partial charge is 0.317 e. The van der Waals surface area contributed by atoms with Gasteiger partial charge in [0, 0.05) is 37.8 Å². The molecule has 1 N–H and O–H groups in total. The number of nitrogens with zero attached hydrogens (tertiary/aromatic N) is 2. The summed E-state index contributed by atoms with van der Waals surface area (Å²) in [6.07, 6.45) is 0. The quantitative estimate of drug-likeness (QED) is 0.906. The lowest BCUT2D eigenvalue weighted by molar-refractivity contribution is 0.0664. The Labute approximate surface area is 145 Å². The minimum Gasteiger partial charge on any atom is -0.336 e. The Morgan fingerprint density at radius 2 is 1.46 bits per heavy atom. The van der Waals surface area contributed by atoms with Crippen LogP contribution in [-0.2, 0) is 5.41 Å². The largest absolute Gasteiger partial charge is 0.336 e. The second-order valence-corrected chi connectivity index (χ2v) is 7.71. The molecule has 0 spiro atoms. The van der Waals surface area contributed by atoms with E-state index >= 15 is 0 Å². The third-order valence-electron chi connectivity index (χ3n) is 4.26. The van der Waals surface area contributed by atoms with Crippen LogP contribution >= 0.6 is 0 Å². The van der Waals surface area contributed by atoms with E-state index in [-0.39, 0.29) is 23.4 Å². The number of hydrogen-bond donors (Lipinski definition) is 1. The Morgan fingerprint density at radius 1 is 0.958 bits per heavy atom. The topological polar surface area (TPSA) is 52.7 Å². The molecule has 0 saturated carbocycles. The van der Waals surface area contributed by atoms with Crippen molar-refractivity contribution in [2.45, 2.75) is 46.1 Å². The van der Waals surface area contributed by atoms with Gasteiger partial charge in [0.25, 0.3) is 5.91 Å². The fourth-order valence-corrected chi connectivity index (χ4v) is 2.75. The van der Waals surface area contributed by atoms with Crippen molar-refractivity contribution in [2.24, 2.45) is 0 Å². The highest BCUT2D eigenvalue weighted by atomic mass is 16.2. The van der Waals surface area contributed by atoms with Gasteiger partial charge in [0.15, 0.2) is 0 Å². The van der Waals surface area contributed by atoms with Gasteiger partial charge >= 0.3 is 6.03 Å². The predicted octanol–water partition coefficient (Wildman–Crippen LogP) is 2.86. The standard InChI is InChI=1S/C19H29N3O2/c1-14(2)20-18(24)22-12-10-21(11-13-22)17(23)15-6-8-16(9-7-15)19(3,4)5/h6-9,14H,10-13H2,1-5H3,(H,20,24). The van der Waals surface area contributed by atoms with E-state index in [1.165, 1.54) is 5.56 Å². The van der Waals surface area contributed by atoms with Crippen LogP contribution in [0, 0.1) is 0 Å². The van der Waals surface area contributed by atoms with E-state index in [9.17, 15) is 9.59 Å². The normalized spacial score (nSPS) is 15.6. The van der Waals surface area contributed by atoms with E-state index in [1.807, 2.05) is 43.0 Å². The van der Waals surface area contributed by atoms with Gasteiger partial charge in [-0.2, -0.15) is 0 Å². The summed E-state index contributed by atoms with van der Waals surface area (Å²) in [5.74, 6) is 0.0411. The fourth-order valence-electron chi connectivity index (χ4n) is 2.75. The number of rotatable bonds is 2. The van der Waals surface area contributed by atoms with Gasteiger partial charge in [0.1, 0.15) is 0 Å². The van der Waals surface area contributed by atoms with Crippen molar-refractivity contribution < 1.29 is 9.59 Å². The molecule has 5 heteroatoms. The first-order valence-corrected chi connectivity index (χ1v) is 8.64. The summed E-state index contributed by atoms with van der Waals surface area (Å²) in [5.41, 5.74) is 2.01. The molecule has 1 aromatic rings. The zero-order valence-electron chi connectivity index (χ0n) is 15.4. The number of amides is 3. The van der Waals surface area contributed by atoms with Crippen LogP contribution in [0.4, 0.5) is 4.79 Å². The number of carbonyl (C=O) groups excluding carboxylic acids is 2. The Balaban J connectivity index is 1.94. The van der Waals surface area contributed by atoms with Crippen LogP contribution in [0.15, 0.2) is 24.3 Å². The summed E-state index contributed by atoms with van der Waals surface area (Å²) < 4.78 is 0. The molecule has 0 radical (unpaired) electrons. The molecule has 132 valence electrons. The van der Waals surface area contributed by atoms with Crippen molar-refractivity contribution in [3.63, 3.8) is 0 Å². The second kappa shape index (κ2) is 7.24. The lowest BCUT2D eigenvalue weighted by Gasteiger charge is -2.35. The summed E-state index contributed by atoms with van der Waals surface area (Å²) in [6, 6.07) is 7.94. The van der Waals surface area contributed by atoms with Crippen LogP contribution in [0.2, 0.25) is 0 Å². The van der Waals surface area contributed by atoms with Crippen LogP contribution < -0.4 is 5.32 Å². The Kier molecular flexibility index (Phi) is 5.52. The van der Waals surface area contributed by atoms with Gasteiger partial charge < -0.3 is 15.1 Å². The first-order chi connectivity index (χ1) is 11.2. The monoisotopic (exact) mass is 331 g/mol. The average Bonchev–Trinajstić information content (AvgIpc) is 2.53. The Hall–Kier alpha value is -2.04. The number of benzene rings is 1. The second-order valence-electron chi connectivity index (χ2n) is 7.71. The van der Waals surface area contributed by atoms with Gasteiger partial charge in [-0.25, -0.2) is 4.79 Å². The number of piperazine rings is 1. The molecule has 1 aliphatic heterocycles. The molecule has 1 heterocycles. The SMILES string of the molecule is CC(C)NC(=O)N1CCN(C(=O)c2ccc(C(C)(C)C)cc2)CC1. The summed E-state index contributed by atoms with van der Waals surface area (Å²) in [5, 5.41) is 2.89. The molecule has 0 aromatic heterocycles. The van der Waals surface area contributed by atoms with Gasteiger partial charge in [0.05, 0.1) is 0 Å². The molecule has 1 saturated heterocycles.